The molecule has 1 aromatic carbocycles. The Bertz CT molecular complexity index is 726. The Morgan fingerprint density at radius 2 is 1.23 bits per heavy atom. The molecule has 0 aliphatic heterocycles. The summed E-state index contributed by atoms with van der Waals surface area (Å²) in [7, 11) is 0. The summed E-state index contributed by atoms with van der Waals surface area (Å²) in [5, 5.41) is 0. The topological polar surface area (TPSA) is 104 Å². The summed E-state index contributed by atoms with van der Waals surface area (Å²) in [6.07, 6.45) is -0.0733. The van der Waals surface area contributed by atoms with Crippen LogP contribution in [0.25, 0.3) is 0 Å². The number of benzene rings is 1. The monoisotopic (exact) mass is 360 g/mol. The van der Waals surface area contributed by atoms with Crippen molar-refractivity contribution >= 4 is 29.3 Å². The number of allylic oxidation sites excluding steroid dienone is 1. The zero-order chi connectivity index (χ0) is 19.9. The van der Waals surface area contributed by atoms with Gasteiger partial charge in [0, 0.05) is 6.42 Å². The first-order valence-corrected chi connectivity index (χ1v) is 7.76. The van der Waals surface area contributed by atoms with Crippen LogP contribution in [0.1, 0.15) is 47.1 Å². The van der Waals surface area contributed by atoms with Crippen LogP contribution in [0.4, 0.5) is 0 Å². The van der Waals surface area contributed by atoms with Gasteiger partial charge in [-0.1, -0.05) is 6.58 Å². The van der Waals surface area contributed by atoms with Gasteiger partial charge in [-0.15, -0.1) is 0 Å². The number of hydrogen-bond donors (Lipinski definition) is 0. The Hall–Kier alpha value is -3.09. The summed E-state index contributed by atoms with van der Waals surface area (Å²) >= 11 is 0. The molecule has 0 atom stereocenters. The highest BCUT2D eigenvalue weighted by Crippen LogP contribution is 2.15. The van der Waals surface area contributed by atoms with Gasteiger partial charge in [0.1, 0.15) is 13.2 Å². The molecule has 0 radical (unpaired) electrons. The maximum atomic E-state index is 12.1. The molecule has 0 saturated carbocycles. The van der Waals surface area contributed by atoms with Crippen molar-refractivity contribution < 1.29 is 33.4 Å². The van der Waals surface area contributed by atoms with Gasteiger partial charge in [-0.25, -0.2) is 9.59 Å². The summed E-state index contributed by atoms with van der Waals surface area (Å²) in [4.78, 5) is 57.9. The van der Waals surface area contributed by atoms with Crippen molar-refractivity contribution in [1.82, 2.24) is 0 Å². The van der Waals surface area contributed by atoms with E-state index in [1.54, 1.807) is 6.92 Å². The van der Waals surface area contributed by atoms with Gasteiger partial charge in [0.05, 0.1) is 11.1 Å². The number of Topliss-reactive ketones (excluding diaryl/α,β-unsaturated/α-hetero) is 3. The summed E-state index contributed by atoms with van der Waals surface area (Å²) in [5.41, 5.74) is 0.696. The molecule has 7 heteroatoms. The summed E-state index contributed by atoms with van der Waals surface area (Å²) in [6.45, 7) is 6.82. The molecule has 0 aliphatic carbocycles. The van der Waals surface area contributed by atoms with Crippen LogP contribution in [0.15, 0.2) is 30.4 Å². The third-order valence-electron chi connectivity index (χ3n) is 3.12. The average Bonchev–Trinajstić information content (AvgIpc) is 2.56. The lowest BCUT2D eigenvalue weighted by Gasteiger charge is -2.09. The minimum absolute atomic E-state index is 0.00644. The Morgan fingerprint density at radius 1 is 0.808 bits per heavy atom. The smallest absolute Gasteiger partial charge is 0.338 e. The number of rotatable bonds is 9. The molecular formula is C19H20O7. The van der Waals surface area contributed by atoms with Gasteiger partial charge < -0.3 is 9.47 Å². The normalized spacial score (nSPS) is 9.96. The highest BCUT2D eigenvalue weighted by Gasteiger charge is 2.17. The van der Waals surface area contributed by atoms with E-state index in [9.17, 15) is 24.0 Å². The quantitative estimate of drug-likeness (QED) is 0.489. The maximum Gasteiger partial charge on any atom is 0.338 e. The molecular weight excluding hydrogens is 340 g/mol. The second kappa shape index (κ2) is 9.41. The number of hydrogen-bond acceptors (Lipinski definition) is 7. The van der Waals surface area contributed by atoms with E-state index in [0.29, 0.717) is 11.1 Å². The zero-order valence-electron chi connectivity index (χ0n) is 14.9. The molecule has 7 nitrogen and oxygen atoms in total. The Morgan fingerprint density at radius 3 is 1.58 bits per heavy atom. The first kappa shape index (κ1) is 21.0. The molecule has 138 valence electrons. The van der Waals surface area contributed by atoms with Crippen LogP contribution in [0, 0.1) is 0 Å². The summed E-state index contributed by atoms with van der Waals surface area (Å²) in [6, 6.07) is 4.01. The number of ketones is 3. The van der Waals surface area contributed by atoms with Crippen LogP contribution in [-0.4, -0.2) is 42.5 Å². The first-order valence-electron chi connectivity index (χ1n) is 7.76. The minimum atomic E-state index is -0.814. The fourth-order valence-corrected chi connectivity index (χ4v) is 1.87. The van der Waals surface area contributed by atoms with Crippen LogP contribution in [0.2, 0.25) is 0 Å². The van der Waals surface area contributed by atoms with Gasteiger partial charge in [-0.3, -0.25) is 14.4 Å². The largest absolute Gasteiger partial charge is 0.454 e. The third kappa shape index (κ3) is 6.80. The molecule has 0 fully saturated rings. The van der Waals surface area contributed by atoms with Gasteiger partial charge in [0.15, 0.2) is 17.3 Å². The predicted molar refractivity (Wildman–Crippen MR) is 91.9 cm³/mol. The van der Waals surface area contributed by atoms with Gasteiger partial charge in [-0.05, 0) is 50.1 Å². The van der Waals surface area contributed by atoms with Crippen molar-refractivity contribution in [1.29, 1.82) is 0 Å². The SMILES string of the molecule is C=C(C)C(=O)Cc1cc(C(=O)OCC(C)=O)cc(C(=O)OCC(C)=O)c1. The number of carbonyl (C=O) groups is 5. The fourth-order valence-electron chi connectivity index (χ4n) is 1.87. The molecule has 1 rings (SSSR count). The van der Waals surface area contributed by atoms with Crippen molar-refractivity contribution in [2.45, 2.75) is 27.2 Å². The summed E-state index contributed by atoms with van der Waals surface area (Å²) < 4.78 is 9.67. The molecule has 0 spiro atoms. The molecule has 0 saturated heterocycles. The zero-order valence-corrected chi connectivity index (χ0v) is 14.9. The lowest BCUT2D eigenvalue weighted by molar-refractivity contribution is -0.120. The van der Waals surface area contributed by atoms with E-state index in [0.717, 1.165) is 0 Å². The molecule has 0 unspecified atom stereocenters. The van der Waals surface area contributed by atoms with Crippen molar-refractivity contribution in [3.63, 3.8) is 0 Å². The van der Waals surface area contributed by atoms with E-state index in [1.807, 2.05) is 0 Å². The van der Waals surface area contributed by atoms with Crippen LogP contribution in [-0.2, 0) is 30.3 Å². The fraction of sp³-hybridized carbons (Fsp3) is 0.316. The van der Waals surface area contributed by atoms with E-state index in [2.05, 4.69) is 6.58 Å². The second-order valence-electron chi connectivity index (χ2n) is 5.86. The molecule has 0 aromatic heterocycles. The maximum absolute atomic E-state index is 12.1. The van der Waals surface area contributed by atoms with Crippen LogP contribution < -0.4 is 0 Å². The molecule has 26 heavy (non-hydrogen) atoms. The van der Waals surface area contributed by atoms with Crippen molar-refractivity contribution in [3.05, 3.63) is 47.0 Å². The van der Waals surface area contributed by atoms with E-state index in [1.165, 1.54) is 32.0 Å². The Kier molecular flexibility index (Phi) is 7.58. The molecule has 0 heterocycles. The van der Waals surface area contributed by atoms with E-state index in [4.69, 9.17) is 9.47 Å². The molecule has 0 amide bonds. The van der Waals surface area contributed by atoms with Crippen LogP contribution in [0.3, 0.4) is 0 Å². The van der Waals surface area contributed by atoms with Crippen molar-refractivity contribution in [2.24, 2.45) is 0 Å². The third-order valence-corrected chi connectivity index (χ3v) is 3.12. The number of ether oxygens (including phenoxy) is 2. The number of esters is 2. The minimum Gasteiger partial charge on any atom is -0.454 e. The highest BCUT2D eigenvalue weighted by molar-refractivity contribution is 5.99. The highest BCUT2D eigenvalue weighted by atomic mass is 16.5. The van der Waals surface area contributed by atoms with Gasteiger partial charge in [-0.2, -0.15) is 0 Å². The van der Waals surface area contributed by atoms with Crippen molar-refractivity contribution in [3.8, 4) is 0 Å². The van der Waals surface area contributed by atoms with Gasteiger partial charge >= 0.3 is 11.9 Å². The lowest BCUT2D eigenvalue weighted by Crippen LogP contribution is -2.15. The van der Waals surface area contributed by atoms with E-state index < -0.39 is 25.2 Å². The second-order valence-corrected chi connectivity index (χ2v) is 5.86. The average molecular weight is 360 g/mol. The standard InChI is InChI=1S/C19H20O7/c1-11(2)17(22)7-14-5-15(18(23)25-9-12(3)20)8-16(6-14)19(24)26-10-13(4)21/h5-6,8H,1,7,9-10H2,2-4H3. The Balaban J connectivity index is 3.16. The predicted octanol–water partition coefficient (Wildman–Crippen LogP) is 1.87. The molecule has 0 bridgehead atoms. The van der Waals surface area contributed by atoms with Gasteiger partial charge in [0.25, 0.3) is 0 Å². The van der Waals surface area contributed by atoms with Crippen LogP contribution >= 0.6 is 0 Å². The van der Waals surface area contributed by atoms with E-state index >= 15 is 0 Å². The molecule has 0 N–H and O–H groups in total. The lowest BCUT2D eigenvalue weighted by atomic mass is 10.00. The number of carbonyl (C=O) groups excluding carboxylic acids is 5. The summed E-state index contributed by atoms with van der Waals surface area (Å²) in [5.74, 6) is -2.57. The first-order chi connectivity index (χ1) is 12.1. The van der Waals surface area contributed by atoms with Crippen LogP contribution in [0.5, 0.6) is 0 Å². The van der Waals surface area contributed by atoms with E-state index in [-0.39, 0.29) is 34.9 Å². The molecule has 1 aromatic rings. The van der Waals surface area contributed by atoms with Crippen molar-refractivity contribution in [2.75, 3.05) is 13.2 Å². The Labute approximate surface area is 151 Å². The van der Waals surface area contributed by atoms with Gasteiger partial charge in [0.2, 0.25) is 0 Å². The molecule has 0 aliphatic rings.